The fourth-order valence-corrected chi connectivity index (χ4v) is 3.14. The largest absolute Gasteiger partial charge is 0.394 e. The number of benzene rings is 1. The summed E-state index contributed by atoms with van der Waals surface area (Å²) in [4.78, 5) is 14.9. The highest BCUT2D eigenvalue weighted by Crippen LogP contribution is 2.20. The summed E-state index contributed by atoms with van der Waals surface area (Å²) in [5.41, 5.74) is 0. The Kier molecular flexibility index (Phi) is 6.02. The highest BCUT2D eigenvalue weighted by atomic mass is 32.2. The second-order valence-electron chi connectivity index (χ2n) is 5.10. The van der Waals surface area contributed by atoms with Crippen LogP contribution < -0.4 is 0 Å². The van der Waals surface area contributed by atoms with E-state index in [1.807, 2.05) is 6.92 Å². The zero-order chi connectivity index (χ0) is 15.2. The zero-order valence-electron chi connectivity index (χ0n) is 12.0. The van der Waals surface area contributed by atoms with Gasteiger partial charge in [-0.1, -0.05) is 0 Å². The molecule has 116 valence electrons. The van der Waals surface area contributed by atoms with Gasteiger partial charge in [-0.3, -0.25) is 4.79 Å². The second-order valence-corrected chi connectivity index (χ2v) is 6.27. The lowest BCUT2D eigenvalue weighted by Gasteiger charge is -2.36. The number of aliphatic hydroxyl groups excluding tert-OH is 1. The Hall–Kier alpha value is -1.11. The minimum absolute atomic E-state index is 0.0513. The molecule has 21 heavy (non-hydrogen) atoms. The first-order valence-electron chi connectivity index (χ1n) is 7.01. The molecule has 1 N–H and O–H groups in total. The summed E-state index contributed by atoms with van der Waals surface area (Å²) in [5, 5.41) is 9.16. The van der Waals surface area contributed by atoms with Gasteiger partial charge >= 0.3 is 0 Å². The van der Waals surface area contributed by atoms with Crippen molar-refractivity contribution in [3.8, 4) is 0 Å². The van der Waals surface area contributed by atoms with E-state index in [4.69, 9.17) is 9.84 Å². The maximum Gasteiger partial charge on any atom is 0.223 e. The minimum atomic E-state index is -0.289. The fourth-order valence-electron chi connectivity index (χ4n) is 2.29. The molecular weight excluding hydrogens is 293 g/mol. The summed E-state index contributed by atoms with van der Waals surface area (Å²) in [6, 6.07) is 6.26. The van der Waals surface area contributed by atoms with Gasteiger partial charge in [0.05, 0.1) is 18.8 Å². The topological polar surface area (TPSA) is 49.8 Å². The molecule has 1 aliphatic rings. The first-order valence-corrected chi connectivity index (χ1v) is 7.99. The number of thioether (sulfide) groups is 1. The van der Waals surface area contributed by atoms with Crippen molar-refractivity contribution in [1.82, 2.24) is 4.90 Å². The van der Waals surface area contributed by atoms with E-state index < -0.39 is 0 Å². The molecule has 1 saturated heterocycles. The summed E-state index contributed by atoms with van der Waals surface area (Å²) in [6.07, 6.45) is 0.0828. The van der Waals surface area contributed by atoms with Gasteiger partial charge in [-0.25, -0.2) is 4.39 Å². The average Bonchev–Trinajstić information content (AvgIpc) is 2.48. The average molecular weight is 313 g/mol. The number of hydrogen-bond acceptors (Lipinski definition) is 4. The summed E-state index contributed by atoms with van der Waals surface area (Å²) in [6.45, 7) is 2.84. The number of aliphatic hydroxyl groups is 1. The van der Waals surface area contributed by atoms with Crippen molar-refractivity contribution in [2.75, 3.05) is 25.4 Å². The molecule has 0 saturated carbocycles. The van der Waals surface area contributed by atoms with Gasteiger partial charge in [0, 0.05) is 30.2 Å². The molecule has 1 aromatic rings. The van der Waals surface area contributed by atoms with Gasteiger partial charge in [0.2, 0.25) is 5.91 Å². The lowest BCUT2D eigenvalue weighted by atomic mass is 10.2. The minimum Gasteiger partial charge on any atom is -0.394 e. The van der Waals surface area contributed by atoms with E-state index in [1.165, 1.54) is 23.9 Å². The molecule has 4 nitrogen and oxygen atoms in total. The molecule has 0 aliphatic carbocycles. The summed E-state index contributed by atoms with van der Waals surface area (Å²) in [7, 11) is 0. The zero-order valence-corrected chi connectivity index (χ0v) is 12.8. The first kappa shape index (κ1) is 16.3. The molecule has 2 rings (SSSR count). The molecule has 1 fully saturated rings. The molecule has 0 radical (unpaired) electrons. The van der Waals surface area contributed by atoms with Crippen LogP contribution in [0.2, 0.25) is 0 Å². The molecule has 2 atom stereocenters. The second kappa shape index (κ2) is 7.77. The van der Waals surface area contributed by atoms with Crippen LogP contribution in [0.4, 0.5) is 4.39 Å². The van der Waals surface area contributed by atoms with Crippen molar-refractivity contribution in [3.05, 3.63) is 30.1 Å². The summed E-state index contributed by atoms with van der Waals surface area (Å²) in [5.74, 6) is 0.464. The van der Waals surface area contributed by atoms with Gasteiger partial charge in [0.1, 0.15) is 5.82 Å². The smallest absolute Gasteiger partial charge is 0.223 e. The van der Waals surface area contributed by atoms with E-state index in [0.717, 1.165) is 4.90 Å². The number of hydrogen-bond donors (Lipinski definition) is 1. The van der Waals surface area contributed by atoms with Crippen molar-refractivity contribution in [2.24, 2.45) is 0 Å². The van der Waals surface area contributed by atoms with Crippen LogP contribution in [0.15, 0.2) is 29.2 Å². The van der Waals surface area contributed by atoms with Crippen LogP contribution in [0.3, 0.4) is 0 Å². The highest BCUT2D eigenvalue weighted by Gasteiger charge is 2.27. The van der Waals surface area contributed by atoms with Gasteiger partial charge in [-0.2, -0.15) is 0 Å². The SMILES string of the molecule is CC1CN(C(=O)CCSc2ccc(F)cc2)CC(CO)O1. The predicted octanol–water partition coefficient (Wildman–Crippen LogP) is 1.92. The Bertz CT molecular complexity index is 468. The number of morpholine rings is 1. The van der Waals surface area contributed by atoms with Crippen LogP contribution in [-0.4, -0.2) is 53.6 Å². The Morgan fingerprint density at radius 3 is 2.81 bits per heavy atom. The summed E-state index contributed by atoms with van der Waals surface area (Å²) < 4.78 is 18.3. The molecule has 6 heteroatoms. The molecule has 2 unspecified atom stereocenters. The quantitative estimate of drug-likeness (QED) is 0.844. The number of carbonyl (C=O) groups excluding carboxylic acids is 1. The van der Waals surface area contributed by atoms with Crippen LogP contribution in [-0.2, 0) is 9.53 Å². The van der Waals surface area contributed by atoms with Gasteiger partial charge in [-0.05, 0) is 31.2 Å². The molecule has 1 heterocycles. The number of rotatable bonds is 5. The number of carbonyl (C=O) groups is 1. The first-order chi connectivity index (χ1) is 10.1. The fraction of sp³-hybridized carbons (Fsp3) is 0.533. The highest BCUT2D eigenvalue weighted by molar-refractivity contribution is 7.99. The van der Waals surface area contributed by atoms with Crippen LogP contribution in [0.5, 0.6) is 0 Å². The lowest BCUT2D eigenvalue weighted by molar-refractivity contribution is -0.146. The number of ether oxygens (including phenoxy) is 1. The normalized spacial score (nSPS) is 22.3. The van der Waals surface area contributed by atoms with E-state index in [1.54, 1.807) is 17.0 Å². The van der Waals surface area contributed by atoms with Crippen LogP contribution in [0, 0.1) is 5.82 Å². The third-order valence-corrected chi connectivity index (χ3v) is 4.29. The standard InChI is InChI=1S/C15H20FNO3S/c1-11-8-17(9-13(10-18)20-11)15(19)6-7-21-14-4-2-12(16)3-5-14/h2-5,11,13,18H,6-10H2,1H3. The Morgan fingerprint density at radius 1 is 1.43 bits per heavy atom. The Labute approximate surface area is 128 Å². The molecule has 0 spiro atoms. The van der Waals surface area contributed by atoms with Crippen molar-refractivity contribution in [2.45, 2.75) is 30.4 Å². The molecule has 1 amide bonds. The third kappa shape index (κ3) is 4.98. The lowest BCUT2D eigenvalue weighted by Crippen LogP contribution is -2.50. The van der Waals surface area contributed by atoms with Crippen LogP contribution in [0.25, 0.3) is 0 Å². The number of nitrogens with zero attached hydrogens (tertiary/aromatic N) is 1. The van der Waals surface area contributed by atoms with E-state index in [2.05, 4.69) is 0 Å². The Balaban J connectivity index is 1.77. The molecule has 0 bridgehead atoms. The van der Waals surface area contributed by atoms with E-state index in [-0.39, 0.29) is 30.5 Å². The van der Waals surface area contributed by atoms with Gasteiger partial charge < -0.3 is 14.7 Å². The predicted molar refractivity (Wildman–Crippen MR) is 79.7 cm³/mol. The maximum atomic E-state index is 12.8. The van der Waals surface area contributed by atoms with Crippen LogP contribution >= 0.6 is 11.8 Å². The number of amides is 1. The van der Waals surface area contributed by atoms with Crippen LogP contribution in [0.1, 0.15) is 13.3 Å². The van der Waals surface area contributed by atoms with Crippen molar-refractivity contribution >= 4 is 17.7 Å². The van der Waals surface area contributed by atoms with E-state index in [0.29, 0.717) is 25.3 Å². The Morgan fingerprint density at radius 2 is 2.14 bits per heavy atom. The molecule has 0 aromatic heterocycles. The van der Waals surface area contributed by atoms with Gasteiger partial charge in [-0.15, -0.1) is 11.8 Å². The van der Waals surface area contributed by atoms with E-state index >= 15 is 0 Å². The molecule has 1 aliphatic heterocycles. The van der Waals surface area contributed by atoms with Gasteiger partial charge in [0.25, 0.3) is 0 Å². The van der Waals surface area contributed by atoms with Crippen molar-refractivity contribution < 1.29 is 19.0 Å². The molecular formula is C15H20FNO3S. The van der Waals surface area contributed by atoms with E-state index in [9.17, 15) is 9.18 Å². The van der Waals surface area contributed by atoms with Crippen molar-refractivity contribution in [1.29, 1.82) is 0 Å². The summed E-state index contributed by atoms with van der Waals surface area (Å²) >= 11 is 1.53. The third-order valence-electron chi connectivity index (χ3n) is 3.28. The van der Waals surface area contributed by atoms with Gasteiger partial charge in [0.15, 0.2) is 0 Å². The van der Waals surface area contributed by atoms with Crippen molar-refractivity contribution in [3.63, 3.8) is 0 Å². The maximum absolute atomic E-state index is 12.8. The monoisotopic (exact) mass is 313 g/mol. The molecule has 1 aromatic carbocycles. The number of halogens is 1.